The maximum atomic E-state index is 12.8. The summed E-state index contributed by atoms with van der Waals surface area (Å²) in [6.07, 6.45) is 3.70. The van der Waals surface area contributed by atoms with Crippen molar-refractivity contribution in [1.82, 2.24) is 4.57 Å². The number of hydrogen-bond acceptors (Lipinski definition) is 2. The zero-order valence-electron chi connectivity index (χ0n) is 15.4. The molecule has 5 rings (SSSR count). The number of allylic oxidation sites excluding steroid dienone is 1. The summed E-state index contributed by atoms with van der Waals surface area (Å²) in [6, 6.07) is 22.7. The Hall–Kier alpha value is -3.43. The first-order chi connectivity index (χ1) is 14.1. The number of fused-ring (bicyclic) bond motifs is 2. The predicted octanol–water partition coefficient (Wildman–Crippen LogP) is 5.81. The molecule has 0 atom stereocenters. The molecule has 1 aromatic heterocycles. The minimum absolute atomic E-state index is 0.214. The van der Waals surface area contributed by atoms with Crippen molar-refractivity contribution in [2.45, 2.75) is 6.54 Å². The number of nitrogens with zero attached hydrogens (tertiary/aromatic N) is 1. The van der Waals surface area contributed by atoms with Gasteiger partial charge >= 0.3 is 0 Å². The Kier molecular flexibility index (Phi) is 4.18. The second-order valence-corrected chi connectivity index (χ2v) is 7.49. The highest BCUT2D eigenvalue weighted by Crippen LogP contribution is 2.31. The van der Waals surface area contributed by atoms with E-state index in [0.29, 0.717) is 22.7 Å². The van der Waals surface area contributed by atoms with E-state index in [2.05, 4.69) is 4.57 Å². The van der Waals surface area contributed by atoms with E-state index in [9.17, 15) is 9.59 Å². The third kappa shape index (κ3) is 2.91. The highest BCUT2D eigenvalue weighted by atomic mass is 35.5. The number of rotatable bonds is 3. The quantitative estimate of drug-likeness (QED) is 0.323. The van der Waals surface area contributed by atoms with Crippen molar-refractivity contribution in [3.63, 3.8) is 0 Å². The van der Waals surface area contributed by atoms with Crippen molar-refractivity contribution >= 4 is 40.1 Å². The normalized spacial score (nSPS) is 13.2. The zero-order chi connectivity index (χ0) is 20.0. The van der Waals surface area contributed by atoms with Gasteiger partial charge in [0, 0.05) is 45.4 Å². The second-order valence-electron chi connectivity index (χ2n) is 7.08. The molecule has 140 valence electrons. The molecule has 0 aliphatic heterocycles. The van der Waals surface area contributed by atoms with Gasteiger partial charge in [-0.25, -0.2) is 0 Å². The molecule has 1 aliphatic carbocycles. The minimum Gasteiger partial charge on any atom is -0.342 e. The van der Waals surface area contributed by atoms with Gasteiger partial charge in [-0.3, -0.25) is 9.59 Å². The first-order valence-electron chi connectivity index (χ1n) is 9.35. The molecule has 0 N–H and O–H groups in total. The summed E-state index contributed by atoms with van der Waals surface area (Å²) in [5, 5.41) is 1.70. The lowest BCUT2D eigenvalue weighted by Gasteiger charge is -2.07. The van der Waals surface area contributed by atoms with Crippen molar-refractivity contribution in [3.8, 4) is 0 Å². The molecule has 1 aliphatic rings. The van der Waals surface area contributed by atoms with E-state index in [1.807, 2.05) is 54.7 Å². The van der Waals surface area contributed by atoms with Crippen molar-refractivity contribution in [2.24, 2.45) is 0 Å². The Bertz CT molecular complexity index is 1290. The van der Waals surface area contributed by atoms with Crippen LogP contribution in [0.1, 0.15) is 31.8 Å². The topological polar surface area (TPSA) is 39.1 Å². The standard InChI is InChI=1S/C25H16ClNO2/c26-22-11-5-1-7-16(22)14-27-15-17(18-8-4-6-12-23(18)27)13-21-24(28)19-9-2-3-10-20(19)25(21)29/h1-13,15H,14H2. The fourth-order valence-electron chi connectivity index (χ4n) is 3.89. The molecule has 0 fully saturated rings. The second kappa shape index (κ2) is 6.87. The van der Waals surface area contributed by atoms with E-state index in [-0.39, 0.29) is 17.1 Å². The Labute approximate surface area is 172 Å². The van der Waals surface area contributed by atoms with E-state index in [4.69, 9.17) is 11.6 Å². The first kappa shape index (κ1) is 17.7. The first-order valence-corrected chi connectivity index (χ1v) is 9.72. The summed E-state index contributed by atoms with van der Waals surface area (Å²) >= 11 is 6.34. The van der Waals surface area contributed by atoms with Crippen molar-refractivity contribution in [3.05, 3.63) is 112 Å². The monoisotopic (exact) mass is 397 g/mol. The van der Waals surface area contributed by atoms with Crippen LogP contribution in [-0.2, 0) is 6.54 Å². The van der Waals surface area contributed by atoms with Crippen LogP contribution in [0.2, 0.25) is 5.02 Å². The van der Waals surface area contributed by atoms with Crippen molar-refractivity contribution < 1.29 is 9.59 Å². The van der Waals surface area contributed by atoms with Crippen LogP contribution in [0.4, 0.5) is 0 Å². The van der Waals surface area contributed by atoms with Crippen LogP contribution in [0.25, 0.3) is 17.0 Å². The lowest BCUT2D eigenvalue weighted by Crippen LogP contribution is -2.00. The Morgan fingerprint density at radius 1 is 0.793 bits per heavy atom. The van der Waals surface area contributed by atoms with Crippen LogP contribution < -0.4 is 0 Å². The van der Waals surface area contributed by atoms with Gasteiger partial charge < -0.3 is 4.57 Å². The summed E-state index contributed by atoms with van der Waals surface area (Å²) < 4.78 is 2.10. The van der Waals surface area contributed by atoms with Crippen LogP contribution in [0.5, 0.6) is 0 Å². The van der Waals surface area contributed by atoms with Crippen LogP contribution >= 0.6 is 11.6 Å². The lowest BCUT2D eigenvalue weighted by atomic mass is 10.1. The van der Waals surface area contributed by atoms with E-state index >= 15 is 0 Å². The number of carbonyl (C=O) groups excluding carboxylic acids is 2. The van der Waals surface area contributed by atoms with Gasteiger partial charge in [0.15, 0.2) is 11.6 Å². The number of halogens is 1. The van der Waals surface area contributed by atoms with Gasteiger partial charge in [-0.1, -0.05) is 72.3 Å². The molecular weight excluding hydrogens is 382 g/mol. The van der Waals surface area contributed by atoms with E-state index in [1.165, 1.54) is 0 Å². The molecule has 0 bridgehead atoms. The molecule has 0 spiro atoms. The number of benzene rings is 3. The van der Waals surface area contributed by atoms with Crippen LogP contribution in [0.3, 0.4) is 0 Å². The largest absolute Gasteiger partial charge is 0.342 e. The van der Waals surface area contributed by atoms with Gasteiger partial charge in [0.1, 0.15) is 0 Å². The van der Waals surface area contributed by atoms with Crippen molar-refractivity contribution in [2.75, 3.05) is 0 Å². The average molecular weight is 398 g/mol. The fraction of sp³-hybridized carbons (Fsp3) is 0.0400. The number of ketones is 2. The average Bonchev–Trinajstić information content (AvgIpc) is 3.21. The smallest absolute Gasteiger partial charge is 0.197 e. The molecular formula is C25H16ClNO2. The SMILES string of the molecule is O=C1C(=Cc2cn(Cc3ccccc3Cl)c3ccccc23)C(=O)c2ccccc21. The molecule has 1 heterocycles. The predicted molar refractivity (Wildman–Crippen MR) is 116 cm³/mol. The molecule has 3 aromatic carbocycles. The van der Waals surface area contributed by atoms with Gasteiger partial charge in [-0.2, -0.15) is 0 Å². The van der Waals surface area contributed by atoms with E-state index in [0.717, 1.165) is 22.0 Å². The Balaban J connectivity index is 1.62. The van der Waals surface area contributed by atoms with E-state index < -0.39 is 0 Å². The summed E-state index contributed by atoms with van der Waals surface area (Å²) in [5.74, 6) is -0.429. The van der Waals surface area contributed by atoms with Crippen molar-refractivity contribution in [1.29, 1.82) is 0 Å². The molecule has 29 heavy (non-hydrogen) atoms. The van der Waals surface area contributed by atoms with Gasteiger partial charge in [0.05, 0.1) is 5.57 Å². The highest BCUT2D eigenvalue weighted by molar-refractivity contribution is 6.41. The lowest BCUT2D eigenvalue weighted by molar-refractivity contribution is 0.0990. The van der Waals surface area contributed by atoms with Gasteiger partial charge in [-0.05, 0) is 23.8 Å². The molecule has 0 amide bonds. The Morgan fingerprint density at radius 2 is 1.41 bits per heavy atom. The summed E-state index contributed by atoms with van der Waals surface area (Å²) in [7, 11) is 0. The minimum atomic E-state index is -0.214. The highest BCUT2D eigenvalue weighted by Gasteiger charge is 2.32. The Morgan fingerprint density at radius 3 is 2.14 bits per heavy atom. The third-order valence-electron chi connectivity index (χ3n) is 5.32. The van der Waals surface area contributed by atoms with Crippen LogP contribution in [0, 0.1) is 0 Å². The number of aromatic nitrogens is 1. The number of para-hydroxylation sites is 1. The van der Waals surface area contributed by atoms with Crippen LogP contribution in [-0.4, -0.2) is 16.1 Å². The van der Waals surface area contributed by atoms with Gasteiger partial charge in [0.2, 0.25) is 0 Å². The van der Waals surface area contributed by atoms with Crippen LogP contribution in [0.15, 0.2) is 84.6 Å². The van der Waals surface area contributed by atoms with Gasteiger partial charge in [0.25, 0.3) is 0 Å². The fourth-order valence-corrected chi connectivity index (χ4v) is 4.09. The zero-order valence-corrected chi connectivity index (χ0v) is 16.2. The molecule has 3 nitrogen and oxygen atoms in total. The van der Waals surface area contributed by atoms with E-state index in [1.54, 1.807) is 30.3 Å². The molecule has 0 radical (unpaired) electrons. The molecule has 0 unspecified atom stereocenters. The maximum Gasteiger partial charge on any atom is 0.197 e. The third-order valence-corrected chi connectivity index (χ3v) is 5.69. The number of carbonyl (C=O) groups is 2. The number of hydrogen-bond donors (Lipinski definition) is 0. The summed E-state index contributed by atoms with van der Waals surface area (Å²) in [6.45, 7) is 0.603. The summed E-state index contributed by atoms with van der Waals surface area (Å²) in [5.41, 5.74) is 4.04. The molecule has 0 saturated carbocycles. The molecule has 4 heteroatoms. The molecule has 4 aromatic rings. The number of Topliss-reactive ketones (excluding diaryl/α,β-unsaturated/α-hetero) is 2. The molecule has 0 saturated heterocycles. The van der Waals surface area contributed by atoms with Gasteiger partial charge in [-0.15, -0.1) is 0 Å². The summed E-state index contributed by atoms with van der Waals surface area (Å²) in [4.78, 5) is 25.6. The maximum absolute atomic E-state index is 12.8.